The maximum absolute atomic E-state index is 5.51. The van der Waals surface area contributed by atoms with Crippen LogP contribution in [-0.2, 0) is 0 Å². The molecule has 0 aromatic heterocycles. The first kappa shape index (κ1) is 12.4. The first-order chi connectivity index (χ1) is 8.18. The summed E-state index contributed by atoms with van der Waals surface area (Å²) in [4.78, 5) is 2.31. The van der Waals surface area contributed by atoms with Crippen LogP contribution in [-0.4, -0.2) is 22.6 Å². The largest absolute Gasteiger partial charge is 0.346 e. The van der Waals surface area contributed by atoms with E-state index < -0.39 is 0 Å². The number of para-hydroxylation sites is 1. The lowest BCUT2D eigenvalue weighted by Crippen LogP contribution is -2.44. The maximum atomic E-state index is 5.51. The molecule has 1 aliphatic rings. The molecule has 0 amide bonds. The van der Waals surface area contributed by atoms with Crippen LogP contribution in [0.4, 0.5) is 5.69 Å². The number of hydrogen-bond donors (Lipinski definition) is 1. The minimum atomic E-state index is 0.563. The van der Waals surface area contributed by atoms with Crippen molar-refractivity contribution in [2.75, 3.05) is 11.9 Å². The summed E-state index contributed by atoms with van der Waals surface area (Å²) in [5.74, 6) is 0. The summed E-state index contributed by atoms with van der Waals surface area (Å²) in [6, 6.07) is 8.83. The lowest BCUT2D eigenvalue weighted by atomic mass is 10.0. The average molecular weight is 248 g/mol. The van der Waals surface area contributed by atoms with Crippen LogP contribution in [0.1, 0.15) is 31.7 Å². The van der Waals surface area contributed by atoms with Gasteiger partial charge in [0.1, 0.15) is 0 Å². The van der Waals surface area contributed by atoms with Gasteiger partial charge in [0, 0.05) is 18.3 Å². The first-order valence-corrected chi connectivity index (χ1v) is 6.72. The van der Waals surface area contributed by atoms with Crippen molar-refractivity contribution in [3.63, 3.8) is 0 Å². The molecule has 3 heteroatoms. The number of anilines is 1. The minimum absolute atomic E-state index is 0.563. The van der Waals surface area contributed by atoms with Crippen LogP contribution >= 0.6 is 12.2 Å². The summed E-state index contributed by atoms with van der Waals surface area (Å²) in [6.45, 7) is 5.44. The Morgan fingerprint density at radius 2 is 2.12 bits per heavy atom. The van der Waals surface area contributed by atoms with Crippen LogP contribution in [0, 0.1) is 6.92 Å². The second-order valence-corrected chi connectivity index (χ2v) is 5.17. The number of likely N-dealkylation sites (tertiary alicyclic amines) is 1. The van der Waals surface area contributed by atoms with Crippen LogP contribution < -0.4 is 5.32 Å². The molecule has 1 fully saturated rings. The Morgan fingerprint density at radius 3 is 2.82 bits per heavy atom. The Hall–Kier alpha value is -1.09. The molecule has 1 heterocycles. The van der Waals surface area contributed by atoms with E-state index in [-0.39, 0.29) is 0 Å². The van der Waals surface area contributed by atoms with Gasteiger partial charge in [0.15, 0.2) is 5.11 Å². The molecular weight excluding hydrogens is 228 g/mol. The van der Waals surface area contributed by atoms with Crippen LogP contribution in [0.3, 0.4) is 0 Å². The van der Waals surface area contributed by atoms with E-state index in [2.05, 4.69) is 36.2 Å². The van der Waals surface area contributed by atoms with Crippen molar-refractivity contribution in [1.82, 2.24) is 4.90 Å². The van der Waals surface area contributed by atoms with Crippen molar-refractivity contribution in [1.29, 1.82) is 0 Å². The van der Waals surface area contributed by atoms with Crippen molar-refractivity contribution in [2.24, 2.45) is 0 Å². The van der Waals surface area contributed by atoms with E-state index in [1.54, 1.807) is 0 Å². The summed E-state index contributed by atoms with van der Waals surface area (Å²) in [6.07, 6.45) is 3.82. The fraction of sp³-hybridized carbons (Fsp3) is 0.500. The Labute approximate surface area is 109 Å². The highest BCUT2D eigenvalue weighted by Crippen LogP contribution is 2.19. The fourth-order valence-corrected chi connectivity index (χ4v) is 2.68. The van der Waals surface area contributed by atoms with Crippen molar-refractivity contribution >= 4 is 23.0 Å². The van der Waals surface area contributed by atoms with E-state index in [4.69, 9.17) is 12.2 Å². The molecule has 0 saturated carbocycles. The molecule has 0 aliphatic carbocycles. The van der Waals surface area contributed by atoms with Gasteiger partial charge in [0.25, 0.3) is 0 Å². The number of aryl methyl sites for hydroxylation is 1. The van der Waals surface area contributed by atoms with Crippen LogP contribution in [0.5, 0.6) is 0 Å². The fourth-order valence-electron chi connectivity index (χ4n) is 2.30. The molecule has 1 aliphatic heterocycles. The predicted molar refractivity (Wildman–Crippen MR) is 77.4 cm³/mol. The Balaban J connectivity index is 2.03. The van der Waals surface area contributed by atoms with E-state index in [0.29, 0.717) is 6.04 Å². The van der Waals surface area contributed by atoms with Crippen molar-refractivity contribution < 1.29 is 0 Å². The third kappa shape index (κ3) is 2.97. The highest BCUT2D eigenvalue weighted by molar-refractivity contribution is 7.80. The minimum Gasteiger partial charge on any atom is -0.346 e. The van der Waals surface area contributed by atoms with Crippen molar-refractivity contribution in [3.05, 3.63) is 29.8 Å². The number of piperidine rings is 1. The Kier molecular flexibility index (Phi) is 4.00. The summed E-state index contributed by atoms with van der Waals surface area (Å²) in [5, 5.41) is 4.23. The Bertz CT molecular complexity index is 403. The molecule has 0 radical (unpaired) electrons. The normalized spacial score (nSPS) is 20.1. The third-order valence-corrected chi connectivity index (χ3v) is 3.79. The zero-order valence-corrected chi connectivity index (χ0v) is 11.4. The van der Waals surface area contributed by atoms with Gasteiger partial charge in [0.05, 0.1) is 0 Å². The topological polar surface area (TPSA) is 15.3 Å². The number of rotatable bonds is 1. The van der Waals surface area contributed by atoms with Gasteiger partial charge in [-0.25, -0.2) is 0 Å². The highest BCUT2D eigenvalue weighted by atomic mass is 32.1. The molecule has 1 atom stereocenters. The van der Waals surface area contributed by atoms with E-state index in [1.165, 1.54) is 24.8 Å². The van der Waals surface area contributed by atoms with Crippen molar-refractivity contribution in [3.8, 4) is 0 Å². The summed E-state index contributed by atoms with van der Waals surface area (Å²) in [5.41, 5.74) is 2.36. The number of benzene rings is 1. The zero-order chi connectivity index (χ0) is 12.3. The van der Waals surface area contributed by atoms with E-state index in [9.17, 15) is 0 Å². The number of nitrogens with one attached hydrogen (secondary N) is 1. The van der Waals surface area contributed by atoms with Crippen LogP contribution in [0.15, 0.2) is 24.3 Å². The lowest BCUT2D eigenvalue weighted by Gasteiger charge is -2.35. The molecule has 2 nitrogen and oxygen atoms in total. The standard InChI is InChI=1S/C14H20N2S/c1-11-7-3-4-9-13(11)15-14(17)16-10-6-5-8-12(16)2/h3-4,7,9,12H,5-6,8,10H2,1-2H3,(H,15,17). The lowest BCUT2D eigenvalue weighted by molar-refractivity contribution is 0.262. The van der Waals surface area contributed by atoms with Gasteiger partial charge in [-0.05, 0) is 57.0 Å². The van der Waals surface area contributed by atoms with Gasteiger partial charge >= 0.3 is 0 Å². The first-order valence-electron chi connectivity index (χ1n) is 6.32. The van der Waals surface area contributed by atoms with Crippen molar-refractivity contribution in [2.45, 2.75) is 39.2 Å². The molecule has 17 heavy (non-hydrogen) atoms. The second-order valence-electron chi connectivity index (χ2n) is 4.78. The molecule has 1 N–H and O–H groups in total. The zero-order valence-electron chi connectivity index (χ0n) is 10.6. The Morgan fingerprint density at radius 1 is 1.35 bits per heavy atom. The highest BCUT2D eigenvalue weighted by Gasteiger charge is 2.20. The van der Waals surface area contributed by atoms with Crippen LogP contribution in [0.25, 0.3) is 0 Å². The SMILES string of the molecule is Cc1ccccc1NC(=S)N1CCCCC1C. The second kappa shape index (κ2) is 5.50. The van der Waals surface area contributed by atoms with E-state index >= 15 is 0 Å². The molecular formula is C14H20N2S. The number of hydrogen-bond acceptors (Lipinski definition) is 1. The maximum Gasteiger partial charge on any atom is 0.173 e. The molecule has 1 saturated heterocycles. The van der Waals surface area contributed by atoms with Gasteiger partial charge < -0.3 is 10.2 Å². The predicted octanol–water partition coefficient (Wildman–Crippen LogP) is 3.57. The smallest absolute Gasteiger partial charge is 0.173 e. The summed E-state index contributed by atoms with van der Waals surface area (Å²) in [7, 11) is 0. The number of thiocarbonyl (C=S) groups is 1. The monoisotopic (exact) mass is 248 g/mol. The average Bonchev–Trinajstić information content (AvgIpc) is 2.32. The summed E-state index contributed by atoms with van der Waals surface area (Å²) < 4.78 is 0. The molecule has 1 aromatic rings. The molecule has 92 valence electrons. The quantitative estimate of drug-likeness (QED) is 0.765. The van der Waals surface area contributed by atoms with Gasteiger partial charge in [-0.2, -0.15) is 0 Å². The van der Waals surface area contributed by atoms with E-state index in [0.717, 1.165) is 17.3 Å². The third-order valence-electron chi connectivity index (χ3n) is 3.45. The molecule has 1 aromatic carbocycles. The number of nitrogens with zero attached hydrogens (tertiary/aromatic N) is 1. The van der Waals surface area contributed by atoms with Gasteiger partial charge in [-0.15, -0.1) is 0 Å². The summed E-state index contributed by atoms with van der Waals surface area (Å²) >= 11 is 5.51. The van der Waals surface area contributed by atoms with Crippen LogP contribution in [0.2, 0.25) is 0 Å². The molecule has 0 spiro atoms. The van der Waals surface area contributed by atoms with Gasteiger partial charge in [-0.3, -0.25) is 0 Å². The van der Waals surface area contributed by atoms with Gasteiger partial charge in [0.2, 0.25) is 0 Å². The molecule has 0 bridgehead atoms. The molecule has 2 rings (SSSR count). The van der Waals surface area contributed by atoms with Gasteiger partial charge in [-0.1, -0.05) is 18.2 Å². The molecule has 1 unspecified atom stereocenters. The van der Waals surface area contributed by atoms with E-state index in [1.807, 2.05) is 12.1 Å².